The van der Waals surface area contributed by atoms with Crippen LogP contribution < -0.4 is 19.7 Å². The van der Waals surface area contributed by atoms with Gasteiger partial charge in [-0.2, -0.15) is 0 Å². The van der Waals surface area contributed by atoms with E-state index in [2.05, 4.69) is 10.3 Å². The normalized spacial score (nSPS) is 17.4. The van der Waals surface area contributed by atoms with Gasteiger partial charge in [-0.3, -0.25) is 14.6 Å². The first-order chi connectivity index (χ1) is 16.6. The second-order valence-corrected chi connectivity index (χ2v) is 8.85. The van der Waals surface area contributed by atoms with Crippen molar-refractivity contribution < 1.29 is 23.5 Å². The molecule has 3 aromatic rings. The van der Waals surface area contributed by atoms with Gasteiger partial charge in [-0.1, -0.05) is 36.0 Å². The average Bonchev–Trinajstić information content (AvgIpc) is 3.42. The molecule has 7 nitrogen and oxygen atoms in total. The number of ether oxygens (including phenoxy) is 2. The highest BCUT2D eigenvalue weighted by molar-refractivity contribution is 8.15. The minimum Gasteiger partial charge on any atom is -0.454 e. The number of halogens is 1. The van der Waals surface area contributed by atoms with Gasteiger partial charge >= 0.3 is 0 Å². The number of benzene rings is 3. The van der Waals surface area contributed by atoms with Crippen molar-refractivity contribution in [3.8, 4) is 11.5 Å². The van der Waals surface area contributed by atoms with Crippen molar-refractivity contribution in [1.82, 2.24) is 0 Å². The summed E-state index contributed by atoms with van der Waals surface area (Å²) in [4.78, 5) is 31.5. The van der Waals surface area contributed by atoms with E-state index in [1.807, 2.05) is 48.5 Å². The molecule has 2 aliphatic heterocycles. The first kappa shape index (κ1) is 22.0. The molecule has 9 heteroatoms. The van der Waals surface area contributed by atoms with Gasteiger partial charge in [0.25, 0.3) is 0 Å². The number of para-hydroxylation sites is 1. The Bertz CT molecular complexity index is 1250. The predicted octanol–water partition coefficient (Wildman–Crippen LogP) is 4.59. The van der Waals surface area contributed by atoms with E-state index in [1.54, 1.807) is 0 Å². The summed E-state index contributed by atoms with van der Waals surface area (Å²) in [6.45, 7) is 0.538. The summed E-state index contributed by atoms with van der Waals surface area (Å²) in [5.74, 6) is 0.250. The molecule has 5 rings (SSSR count). The summed E-state index contributed by atoms with van der Waals surface area (Å²) in [6, 6.07) is 20.4. The van der Waals surface area contributed by atoms with Crippen molar-refractivity contribution in [2.24, 2.45) is 4.99 Å². The number of carbonyl (C=O) groups excluding carboxylic acids is 2. The smallest absolute Gasteiger partial charge is 0.247 e. The molecule has 0 aliphatic carbocycles. The van der Waals surface area contributed by atoms with Gasteiger partial charge in [0.1, 0.15) is 11.1 Å². The molecule has 0 spiro atoms. The molecule has 1 fully saturated rings. The Kier molecular flexibility index (Phi) is 6.18. The van der Waals surface area contributed by atoms with Crippen LogP contribution in [-0.4, -0.2) is 29.0 Å². The molecular weight excluding hydrogens is 457 g/mol. The van der Waals surface area contributed by atoms with Gasteiger partial charge in [-0.05, 0) is 54.1 Å². The molecule has 0 unspecified atom stereocenters. The Labute approximate surface area is 199 Å². The number of amidine groups is 1. The Hall–Kier alpha value is -3.85. The Morgan fingerprint density at radius 2 is 1.79 bits per heavy atom. The lowest BCUT2D eigenvalue weighted by atomic mass is 10.2. The van der Waals surface area contributed by atoms with E-state index in [0.29, 0.717) is 28.9 Å². The second kappa shape index (κ2) is 9.56. The molecule has 2 aliphatic rings. The van der Waals surface area contributed by atoms with Crippen LogP contribution in [0.15, 0.2) is 77.8 Å². The van der Waals surface area contributed by atoms with Crippen molar-refractivity contribution in [3.63, 3.8) is 0 Å². The molecule has 0 radical (unpaired) electrons. The molecule has 3 aromatic carbocycles. The number of imide groups is 1. The van der Waals surface area contributed by atoms with Crippen LogP contribution >= 0.6 is 11.8 Å². The molecule has 0 bridgehead atoms. The number of amides is 2. The van der Waals surface area contributed by atoms with Crippen LogP contribution in [0, 0.1) is 5.82 Å². The number of carbonyl (C=O) groups is 2. The lowest BCUT2D eigenvalue weighted by Gasteiger charge is -2.16. The van der Waals surface area contributed by atoms with Crippen LogP contribution in [0.2, 0.25) is 0 Å². The summed E-state index contributed by atoms with van der Waals surface area (Å²) >= 11 is 1.20. The molecule has 1 saturated heterocycles. The fraction of sp³-hybridized carbons (Fsp3) is 0.160. The van der Waals surface area contributed by atoms with E-state index < -0.39 is 11.1 Å². The molecule has 172 valence electrons. The number of nitrogens with one attached hydrogen (secondary N) is 1. The highest BCUT2D eigenvalue weighted by Gasteiger charge is 2.40. The zero-order valence-electron chi connectivity index (χ0n) is 17.9. The van der Waals surface area contributed by atoms with Crippen molar-refractivity contribution in [1.29, 1.82) is 0 Å². The number of aliphatic imine (C=N–C) groups is 1. The van der Waals surface area contributed by atoms with Gasteiger partial charge in [0, 0.05) is 12.1 Å². The third-order valence-corrected chi connectivity index (χ3v) is 6.42. The van der Waals surface area contributed by atoms with Gasteiger partial charge in [-0.25, -0.2) is 9.29 Å². The van der Waals surface area contributed by atoms with E-state index >= 15 is 0 Å². The van der Waals surface area contributed by atoms with Gasteiger partial charge in [0.15, 0.2) is 16.7 Å². The highest BCUT2D eigenvalue weighted by Crippen LogP contribution is 2.34. The third-order valence-electron chi connectivity index (χ3n) is 5.31. The standard InChI is InChI=1S/C25H20FN3O4S/c26-17-7-9-19(10-8-17)29-23(30)13-22(24(29)31)34-25(28-18-4-2-1-3-5-18)27-14-16-6-11-20-21(12-16)33-15-32-20/h1-12,22H,13-15H2,(H,27,28)/t22-/m0/s1. The fourth-order valence-corrected chi connectivity index (χ4v) is 4.66. The van der Waals surface area contributed by atoms with E-state index in [1.165, 1.54) is 36.0 Å². The van der Waals surface area contributed by atoms with E-state index in [-0.39, 0.29) is 25.0 Å². The van der Waals surface area contributed by atoms with Crippen LogP contribution in [-0.2, 0) is 16.1 Å². The summed E-state index contributed by atoms with van der Waals surface area (Å²) in [5, 5.41) is 3.11. The van der Waals surface area contributed by atoms with Crippen LogP contribution in [0.3, 0.4) is 0 Å². The Balaban J connectivity index is 1.36. The van der Waals surface area contributed by atoms with Gasteiger partial charge < -0.3 is 14.8 Å². The molecular formula is C25H20FN3O4S. The Morgan fingerprint density at radius 1 is 1.03 bits per heavy atom. The van der Waals surface area contributed by atoms with Gasteiger partial charge in [0.2, 0.25) is 18.6 Å². The fourth-order valence-electron chi connectivity index (χ4n) is 3.65. The van der Waals surface area contributed by atoms with E-state index in [0.717, 1.165) is 16.2 Å². The number of nitrogens with zero attached hydrogens (tertiary/aromatic N) is 2. The maximum Gasteiger partial charge on any atom is 0.247 e. The molecule has 0 saturated carbocycles. The number of rotatable bonds is 5. The first-order valence-corrected chi connectivity index (χ1v) is 11.5. The van der Waals surface area contributed by atoms with Crippen LogP contribution in [0.4, 0.5) is 15.8 Å². The molecule has 0 aromatic heterocycles. The Morgan fingerprint density at radius 3 is 2.59 bits per heavy atom. The number of hydrogen-bond donors (Lipinski definition) is 1. The lowest BCUT2D eigenvalue weighted by molar-refractivity contribution is -0.121. The van der Waals surface area contributed by atoms with Gasteiger partial charge in [0.05, 0.1) is 12.2 Å². The predicted molar refractivity (Wildman–Crippen MR) is 129 cm³/mol. The monoisotopic (exact) mass is 477 g/mol. The number of fused-ring (bicyclic) bond motifs is 1. The highest BCUT2D eigenvalue weighted by atomic mass is 32.2. The molecule has 1 atom stereocenters. The summed E-state index contributed by atoms with van der Waals surface area (Å²) in [7, 11) is 0. The molecule has 34 heavy (non-hydrogen) atoms. The summed E-state index contributed by atoms with van der Waals surface area (Å²) < 4.78 is 24.1. The van der Waals surface area contributed by atoms with Crippen LogP contribution in [0.5, 0.6) is 11.5 Å². The minimum atomic E-state index is -0.649. The molecule has 1 N–H and O–H groups in total. The van der Waals surface area contributed by atoms with E-state index in [9.17, 15) is 14.0 Å². The van der Waals surface area contributed by atoms with Crippen molar-refractivity contribution in [2.75, 3.05) is 17.0 Å². The van der Waals surface area contributed by atoms with Crippen molar-refractivity contribution in [2.45, 2.75) is 18.2 Å². The third kappa shape index (κ3) is 4.74. The largest absolute Gasteiger partial charge is 0.454 e. The van der Waals surface area contributed by atoms with Gasteiger partial charge in [-0.15, -0.1) is 0 Å². The topological polar surface area (TPSA) is 80.2 Å². The summed E-state index contributed by atoms with van der Waals surface area (Å²) in [5.41, 5.74) is 2.08. The van der Waals surface area contributed by atoms with Crippen molar-refractivity contribution >= 4 is 40.1 Å². The maximum atomic E-state index is 13.3. The summed E-state index contributed by atoms with van der Waals surface area (Å²) in [6.07, 6.45) is 0.0282. The van der Waals surface area contributed by atoms with Crippen molar-refractivity contribution in [3.05, 3.63) is 84.2 Å². The minimum absolute atomic E-state index is 0.0282. The lowest BCUT2D eigenvalue weighted by Crippen LogP contribution is -2.31. The number of hydrogen-bond acceptors (Lipinski definition) is 6. The maximum absolute atomic E-state index is 13.3. The SMILES string of the molecule is O=C1C[C@H](SC(=NCc2ccc3c(c2)OCO3)Nc2ccccc2)C(=O)N1c1ccc(F)cc1. The quantitative estimate of drug-likeness (QED) is 0.329. The molecule has 2 heterocycles. The second-order valence-electron chi connectivity index (χ2n) is 7.65. The van der Waals surface area contributed by atoms with Crippen LogP contribution in [0.1, 0.15) is 12.0 Å². The number of thioether (sulfide) groups is 1. The average molecular weight is 478 g/mol. The van der Waals surface area contributed by atoms with E-state index in [4.69, 9.17) is 9.47 Å². The van der Waals surface area contributed by atoms with Crippen LogP contribution in [0.25, 0.3) is 0 Å². The first-order valence-electron chi connectivity index (χ1n) is 10.6. The zero-order chi connectivity index (χ0) is 23.5. The zero-order valence-corrected chi connectivity index (χ0v) is 18.8. The molecule has 2 amide bonds. The number of anilines is 2.